The molecule has 0 aliphatic carbocycles. The van der Waals surface area contributed by atoms with Gasteiger partial charge in [0.2, 0.25) is 0 Å². The lowest BCUT2D eigenvalue weighted by Gasteiger charge is -2.32. The average Bonchev–Trinajstić information content (AvgIpc) is 2.21. The summed E-state index contributed by atoms with van der Waals surface area (Å²) >= 11 is 0. The van der Waals surface area contributed by atoms with Crippen LogP contribution in [0.5, 0.6) is 0 Å². The Kier molecular flexibility index (Phi) is 9.11. The third-order valence-electron chi connectivity index (χ3n) is 2.59. The Hall–Kier alpha value is -0.250. The molecule has 0 radical (unpaired) electrons. The lowest BCUT2D eigenvalue weighted by molar-refractivity contribution is -0.240. The number of alkyl halides is 3. The zero-order chi connectivity index (χ0) is 12.5. The van der Waals surface area contributed by atoms with E-state index in [2.05, 4.69) is 0 Å². The molecule has 0 rings (SSSR count). The van der Waals surface area contributed by atoms with Crippen LogP contribution in [0.25, 0.3) is 0 Å². The summed E-state index contributed by atoms with van der Waals surface area (Å²) in [6, 6.07) is 0. The molecule has 1 N–H and O–H groups in total. The molecule has 0 saturated heterocycles. The Balaban J connectivity index is 0. The van der Waals surface area contributed by atoms with Crippen molar-refractivity contribution in [3.05, 3.63) is 0 Å². The summed E-state index contributed by atoms with van der Waals surface area (Å²) in [4.78, 5) is 0. The van der Waals surface area contributed by atoms with E-state index < -0.39 is 18.2 Å². The number of hydrogen-bond acceptors (Lipinski definition) is 1. The molecule has 0 aliphatic heterocycles. The molecule has 15 heavy (non-hydrogen) atoms. The van der Waals surface area contributed by atoms with Gasteiger partial charge in [-0.3, -0.25) is 0 Å². The molecule has 0 bridgehead atoms. The van der Waals surface area contributed by atoms with E-state index in [9.17, 15) is 13.2 Å². The smallest absolute Gasteiger partial charge is 0.395 e. The molecule has 0 saturated carbocycles. The first-order chi connectivity index (χ1) is 6.93. The minimum absolute atomic E-state index is 0.0278. The van der Waals surface area contributed by atoms with Crippen LogP contribution in [-0.2, 0) is 0 Å². The van der Waals surface area contributed by atoms with Gasteiger partial charge in [0.25, 0.3) is 0 Å². The minimum atomic E-state index is -4.29. The topological polar surface area (TPSA) is 20.2 Å². The quantitative estimate of drug-likeness (QED) is 0.749. The van der Waals surface area contributed by atoms with E-state index in [4.69, 9.17) is 5.11 Å². The van der Waals surface area contributed by atoms with Gasteiger partial charge in [-0.05, 0) is 12.8 Å². The van der Waals surface area contributed by atoms with Crippen molar-refractivity contribution in [1.29, 1.82) is 0 Å². The zero-order valence-electron chi connectivity index (χ0n) is 10.1. The SMILES string of the molecule is CC.CCCCC(CC)(CO)C(F)(F)F. The van der Waals surface area contributed by atoms with Crippen molar-refractivity contribution in [2.24, 2.45) is 5.41 Å². The largest absolute Gasteiger partial charge is 0.396 e. The fourth-order valence-electron chi connectivity index (χ4n) is 1.31. The van der Waals surface area contributed by atoms with Crippen molar-refractivity contribution >= 4 is 0 Å². The molecule has 0 aliphatic rings. The van der Waals surface area contributed by atoms with E-state index in [-0.39, 0.29) is 12.8 Å². The van der Waals surface area contributed by atoms with Crippen molar-refractivity contribution < 1.29 is 18.3 Å². The van der Waals surface area contributed by atoms with Gasteiger partial charge in [-0.15, -0.1) is 0 Å². The summed E-state index contributed by atoms with van der Waals surface area (Å²) in [6.45, 7) is 6.51. The number of rotatable bonds is 5. The number of halogens is 3. The first-order valence-corrected chi connectivity index (χ1v) is 5.61. The van der Waals surface area contributed by atoms with Gasteiger partial charge in [0.05, 0.1) is 12.0 Å². The monoisotopic (exact) mass is 228 g/mol. The van der Waals surface area contributed by atoms with Crippen LogP contribution in [0.4, 0.5) is 13.2 Å². The lowest BCUT2D eigenvalue weighted by atomic mass is 9.80. The first-order valence-electron chi connectivity index (χ1n) is 5.61. The van der Waals surface area contributed by atoms with Gasteiger partial charge < -0.3 is 5.11 Å². The lowest BCUT2D eigenvalue weighted by Crippen LogP contribution is -2.40. The van der Waals surface area contributed by atoms with Crippen molar-refractivity contribution in [2.75, 3.05) is 6.61 Å². The number of hydrogen-bond donors (Lipinski definition) is 1. The van der Waals surface area contributed by atoms with E-state index in [1.54, 1.807) is 0 Å². The highest BCUT2D eigenvalue weighted by Crippen LogP contribution is 2.44. The van der Waals surface area contributed by atoms with Crippen molar-refractivity contribution in [3.63, 3.8) is 0 Å². The Morgan fingerprint density at radius 1 is 1.07 bits per heavy atom. The molecule has 94 valence electrons. The molecule has 0 fully saturated rings. The van der Waals surface area contributed by atoms with Crippen LogP contribution < -0.4 is 0 Å². The summed E-state index contributed by atoms with van der Waals surface area (Å²) in [5, 5.41) is 8.82. The highest BCUT2D eigenvalue weighted by molar-refractivity contribution is 4.84. The van der Waals surface area contributed by atoms with Gasteiger partial charge in [-0.2, -0.15) is 13.2 Å². The molecule has 0 aromatic rings. The van der Waals surface area contributed by atoms with E-state index in [1.165, 1.54) is 6.92 Å². The van der Waals surface area contributed by atoms with Crippen LogP contribution in [0.15, 0.2) is 0 Å². The van der Waals surface area contributed by atoms with Crippen LogP contribution in [0, 0.1) is 5.41 Å². The zero-order valence-corrected chi connectivity index (χ0v) is 10.1. The predicted molar refractivity (Wildman–Crippen MR) is 56.7 cm³/mol. The second-order valence-electron chi connectivity index (χ2n) is 3.39. The molecule has 0 amide bonds. The molecule has 0 heterocycles. The molecule has 1 nitrogen and oxygen atoms in total. The standard InChI is InChI=1S/C9H17F3O.C2H6/c1-3-5-6-8(4-2,7-13)9(10,11)12;1-2/h13H,3-7H2,1-2H3;1-2H3. The van der Waals surface area contributed by atoms with Gasteiger partial charge in [0, 0.05) is 0 Å². The highest BCUT2D eigenvalue weighted by Gasteiger charge is 2.52. The van der Waals surface area contributed by atoms with Crippen molar-refractivity contribution in [3.8, 4) is 0 Å². The van der Waals surface area contributed by atoms with Gasteiger partial charge in [-0.1, -0.05) is 40.5 Å². The number of unbranched alkanes of at least 4 members (excludes halogenated alkanes) is 1. The van der Waals surface area contributed by atoms with Crippen LogP contribution in [0.3, 0.4) is 0 Å². The maximum absolute atomic E-state index is 12.5. The third kappa shape index (κ3) is 4.87. The summed E-state index contributed by atoms with van der Waals surface area (Å²) in [5.74, 6) is 0. The first kappa shape index (κ1) is 17.2. The van der Waals surface area contributed by atoms with Crippen LogP contribution in [0.2, 0.25) is 0 Å². The second kappa shape index (κ2) is 7.97. The Morgan fingerprint density at radius 3 is 1.73 bits per heavy atom. The minimum Gasteiger partial charge on any atom is -0.395 e. The third-order valence-corrected chi connectivity index (χ3v) is 2.59. The normalized spacial score (nSPS) is 15.2. The van der Waals surface area contributed by atoms with Crippen LogP contribution in [-0.4, -0.2) is 17.9 Å². The second-order valence-corrected chi connectivity index (χ2v) is 3.39. The van der Waals surface area contributed by atoms with E-state index in [0.29, 0.717) is 6.42 Å². The fourth-order valence-corrected chi connectivity index (χ4v) is 1.31. The Labute approximate surface area is 90.7 Å². The summed E-state index contributed by atoms with van der Waals surface area (Å²) in [7, 11) is 0. The number of aliphatic hydroxyl groups excluding tert-OH is 1. The van der Waals surface area contributed by atoms with Gasteiger partial charge >= 0.3 is 6.18 Å². The predicted octanol–water partition coefficient (Wildman–Crippen LogP) is 4.15. The van der Waals surface area contributed by atoms with Gasteiger partial charge in [0.1, 0.15) is 0 Å². The van der Waals surface area contributed by atoms with Crippen molar-refractivity contribution in [1.82, 2.24) is 0 Å². The Bertz CT molecular complexity index is 139. The molecular weight excluding hydrogens is 205 g/mol. The molecule has 1 atom stereocenters. The van der Waals surface area contributed by atoms with Crippen LogP contribution in [0.1, 0.15) is 53.4 Å². The maximum atomic E-state index is 12.5. The fraction of sp³-hybridized carbons (Fsp3) is 1.00. The Morgan fingerprint density at radius 2 is 1.53 bits per heavy atom. The highest BCUT2D eigenvalue weighted by atomic mass is 19.4. The molecule has 0 aromatic heterocycles. The molecule has 1 unspecified atom stereocenters. The number of aliphatic hydroxyl groups is 1. The maximum Gasteiger partial charge on any atom is 0.396 e. The summed E-state index contributed by atoms with van der Waals surface area (Å²) in [5.41, 5.74) is -1.87. The molecular formula is C11H23F3O. The van der Waals surface area contributed by atoms with E-state index >= 15 is 0 Å². The van der Waals surface area contributed by atoms with Gasteiger partial charge in [0.15, 0.2) is 0 Å². The van der Waals surface area contributed by atoms with Crippen LogP contribution >= 0.6 is 0 Å². The molecule has 0 spiro atoms. The van der Waals surface area contributed by atoms with Gasteiger partial charge in [-0.25, -0.2) is 0 Å². The average molecular weight is 228 g/mol. The summed E-state index contributed by atoms with van der Waals surface area (Å²) in [6.07, 6.45) is -3.08. The molecule has 4 heteroatoms. The van der Waals surface area contributed by atoms with E-state index in [0.717, 1.165) is 6.42 Å². The van der Waals surface area contributed by atoms with Crippen molar-refractivity contribution in [2.45, 2.75) is 59.6 Å². The summed E-state index contributed by atoms with van der Waals surface area (Å²) < 4.78 is 37.6. The molecule has 0 aromatic carbocycles. The van der Waals surface area contributed by atoms with E-state index in [1.807, 2.05) is 20.8 Å².